The molecule has 10 nitrogen and oxygen atoms in total. The Bertz CT molecular complexity index is 1610. The van der Waals surface area contributed by atoms with Crippen LogP contribution >= 0.6 is 0 Å². The number of carbonyl (C=O) groups is 2. The lowest BCUT2D eigenvalue weighted by atomic mass is 9.96. The van der Waals surface area contributed by atoms with Crippen LogP contribution in [-0.4, -0.2) is 36.5 Å². The van der Waals surface area contributed by atoms with Gasteiger partial charge in [-0.05, 0) is 30.3 Å². The fraction of sp³-hybridized carbons (Fsp3) is 0.0455. The van der Waals surface area contributed by atoms with Crippen LogP contribution in [0.25, 0.3) is 28.2 Å². The number of nitrogens with one attached hydrogen (secondary N) is 3. The van der Waals surface area contributed by atoms with E-state index in [2.05, 4.69) is 20.5 Å². The number of H-pyrrole nitrogens is 2. The van der Waals surface area contributed by atoms with Crippen LogP contribution in [-0.2, 0) is 11.8 Å². The lowest BCUT2D eigenvalue weighted by Crippen LogP contribution is -2.28. The van der Waals surface area contributed by atoms with E-state index in [0.717, 1.165) is 6.08 Å². The quantitative estimate of drug-likeness (QED) is 0.280. The van der Waals surface area contributed by atoms with Gasteiger partial charge in [0, 0.05) is 18.6 Å². The summed E-state index contributed by atoms with van der Waals surface area (Å²) in [5.41, 5.74) is -1.19. The van der Waals surface area contributed by atoms with Gasteiger partial charge in [0.15, 0.2) is 0 Å². The molecular formula is C22H15N5O5. The van der Waals surface area contributed by atoms with Gasteiger partial charge in [-0.15, -0.1) is 0 Å². The minimum absolute atomic E-state index is 0.0380. The third-order valence-corrected chi connectivity index (χ3v) is 5.40. The van der Waals surface area contributed by atoms with Crippen LogP contribution in [0.1, 0.15) is 15.9 Å². The second-order valence-corrected chi connectivity index (χ2v) is 7.21. The van der Waals surface area contributed by atoms with Crippen molar-refractivity contribution in [1.29, 1.82) is 0 Å². The fourth-order valence-electron chi connectivity index (χ4n) is 3.79. The number of para-hydroxylation sites is 1. The molecule has 1 aliphatic heterocycles. The first-order chi connectivity index (χ1) is 15.4. The zero-order chi connectivity index (χ0) is 22.6. The van der Waals surface area contributed by atoms with Gasteiger partial charge in [-0.25, -0.2) is 4.98 Å². The molecule has 4 aromatic rings. The van der Waals surface area contributed by atoms with Crippen LogP contribution in [0.15, 0.2) is 57.8 Å². The van der Waals surface area contributed by atoms with Gasteiger partial charge in [0.25, 0.3) is 17.0 Å². The number of Topliss-reactive ketones (excluding diaryl/α,β-unsaturated/α-hetero) is 1. The van der Waals surface area contributed by atoms with Gasteiger partial charge in [-0.1, -0.05) is 12.1 Å². The number of fused-ring (bicyclic) bond motifs is 2. The zero-order valence-electron chi connectivity index (χ0n) is 16.6. The van der Waals surface area contributed by atoms with E-state index in [1.54, 1.807) is 37.4 Å². The number of nitrogens with zero attached hydrogens (tertiary/aromatic N) is 2. The van der Waals surface area contributed by atoms with Crippen molar-refractivity contribution in [2.75, 3.05) is 5.32 Å². The number of aromatic amines is 2. The van der Waals surface area contributed by atoms with Gasteiger partial charge in [0.1, 0.15) is 17.1 Å². The summed E-state index contributed by atoms with van der Waals surface area (Å²) in [5.74, 6) is -1.54. The van der Waals surface area contributed by atoms with E-state index in [9.17, 15) is 24.3 Å². The number of aromatic nitrogens is 4. The fourth-order valence-corrected chi connectivity index (χ4v) is 3.79. The lowest BCUT2D eigenvalue weighted by Gasteiger charge is -2.16. The summed E-state index contributed by atoms with van der Waals surface area (Å²) >= 11 is 0. The number of benzene rings is 1. The Balaban J connectivity index is 1.75. The van der Waals surface area contributed by atoms with E-state index in [1.165, 1.54) is 16.8 Å². The largest absolute Gasteiger partial charge is 0.506 e. The number of ketones is 1. The van der Waals surface area contributed by atoms with Crippen LogP contribution in [0.4, 0.5) is 5.82 Å². The van der Waals surface area contributed by atoms with Crippen LogP contribution in [0.5, 0.6) is 5.75 Å². The van der Waals surface area contributed by atoms with Gasteiger partial charge in [-0.3, -0.25) is 29.4 Å². The molecule has 0 spiro atoms. The first-order valence-electron chi connectivity index (χ1n) is 9.53. The Hall–Kier alpha value is -4.73. The second-order valence-electron chi connectivity index (χ2n) is 7.21. The van der Waals surface area contributed by atoms with Crippen LogP contribution in [0, 0.1) is 0 Å². The molecule has 32 heavy (non-hydrogen) atoms. The number of amides is 1. The van der Waals surface area contributed by atoms with E-state index in [1.807, 2.05) is 0 Å². The Kier molecular flexibility index (Phi) is 4.16. The Morgan fingerprint density at radius 3 is 2.62 bits per heavy atom. The molecule has 10 heteroatoms. The molecule has 3 aromatic heterocycles. The van der Waals surface area contributed by atoms with Crippen LogP contribution < -0.4 is 16.4 Å². The normalized spacial score (nSPS) is 14.6. The Morgan fingerprint density at radius 1 is 1.03 bits per heavy atom. The van der Waals surface area contributed by atoms with Gasteiger partial charge in [-0.2, -0.15) is 0 Å². The van der Waals surface area contributed by atoms with Gasteiger partial charge < -0.3 is 15.0 Å². The maximum atomic E-state index is 13.0. The highest BCUT2D eigenvalue weighted by molar-refractivity contribution is 6.35. The minimum Gasteiger partial charge on any atom is -0.506 e. The van der Waals surface area contributed by atoms with Crippen molar-refractivity contribution in [3.63, 3.8) is 0 Å². The topological polar surface area (TPSA) is 150 Å². The van der Waals surface area contributed by atoms with Crippen molar-refractivity contribution in [2.45, 2.75) is 0 Å². The van der Waals surface area contributed by atoms with E-state index in [0.29, 0.717) is 10.9 Å². The van der Waals surface area contributed by atoms with Gasteiger partial charge in [0.2, 0.25) is 5.78 Å². The number of rotatable bonds is 2. The molecule has 0 unspecified atom stereocenters. The summed E-state index contributed by atoms with van der Waals surface area (Å²) in [7, 11) is 1.54. The smallest absolute Gasteiger partial charge is 0.271 e. The highest BCUT2D eigenvalue weighted by Crippen LogP contribution is 2.33. The molecule has 1 amide bonds. The molecule has 0 fully saturated rings. The summed E-state index contributed by atoms with van der Waals surface area (Å²) in [6, 6.07) is 9.81. The lowest BCUT2D eigenvalue weighted by molar-refractivity contribution is -0.112. The Morgan fingerprint density at radius 2 is 1.81 bits per heavy atom. The van der Waals surface area contributed by atoms with Crippen molar-refractivity contribution in [1.82, 2.24) is 19.7 Å². The average Bonchev–Trinajstić information content (AvgIpc) is 3.15. The molecule has 1 aliphatic rings. The average molecular weight is 429 g/mol. The molecule has 0 atom stereocenters. The molecule has 5 rings (SSSR count). The predicted octanol–water partition coefficient (Wildman–Crippen LogP) is 1.54. The summed E-state index contributed by atoms with van der Waals surface area (Å²) in [4.78, 5) is 55.0. The molecule has 158 valence electrons. The number of aromatic hydroxyl groups is 1. The molecule has 4 N–H and O–H groups in total. The summed E-state index contributed by atoms with van der Waals surface area (Å²) in [5, 5.41) is 18.7. The Labute approximate surface area is 178 Å². The zero-order valence-corrected chi connectivity index (χ0v) is 16.6. The van der Waals surface area contributed by atoms with E-state index < -0.39 is 22.8 Å². The van der Waals surface area contributed by atoms with Crippen molar-refractivity contribution < 1.29 is 14.7 Å². The molecule has 0 aliphatic carbocycles. The predicted molar refractivity (Wildman–Crippen MR) is 116 cm³/mol. The molecule has 0 bridgehead atoms. The summed E-state index contributed by atoms with van der Waals surface area (Å²) in [6.45, 7) is 0. The minimum atomic E-state index is -0.733. The number of hydrogen-bond acceptors (Lipinski definition) is 6. The van der Waals surface area contributed by atoms with E-state index in [4.69, 9.17) is 0 Å². The van der Waals surface area contributed by atoms with Crippen LogP contribution in [0.3, 0.4) is 0 Å². The molecule has 4 heterocycles. The molecular weight excluding hydrogens is 414 g/mol. The maximum Gasteiger partial charge on any atom is 0.271 e. The number of hydrogen-bond donors (Lipinski definition) is 4. The van der Waals surface area contributed by atoms with E-state index in [-0.39, 0.29) is 39.5 Å². The number of anilines is 1. The summed E-state index contributed by atoms with van der Waals surface area (Å²) < 4.78 is 1.34. The first kappa shape index (κ1) is 19.2. The van der Waals surface area contributed by atoms with Crippen molar-refractivity contribution in [2.24, 2.45) is 7.05 Å². The second kappa shape index (κ2) is 6.91. The molecule has 0 saturated heterocycles. The third kappa shape index (κ3) is 2.70. The SMILES string of the molecule is Cn1c(=O)c(-c2[nH][nH]c(=O)c2/C=C2/C(=O)Nc3ncccc3C2=O)c(O)c2ccccc21. The first-order valence-corrected chi connectivity index (χ1v) is 9.53. The summed E-state index contributed by atoms with van der Waals surface area (Å²) in [6.07, 6.45) is 2.54. The van der Waals surface area contributed by atoms with Crippen molar-refractivity contribution in [3.05, 3.63) is 80.0 Å². The third-order valence-electron chi connectivity index (χ3n) is 5.40. The van der Waals surface area contributed by atoms with Gasteiger partial charge in [0.05, 0.1) is 27.9 Å². The monoisotopic (exact) mass is 429 g/mol. The van der Waals surface area contributed by atoms with Crippen molar-refractivity contribution >= 4 is 34.5 Å². The molecule has 0 saturated carbocycles. The standard InChI is InChI=1S/C22H15N5O5/c1-27-14-7-3-2-5-10(14)18(29)15(22(27)32)16-12(21(31)26-25-16)9-13-17(28)11-6-4-8-23-19(11)24-20(13)30/h2-9,29H,1H3,(H,23,24,30)(H2,25,26,31)/b13-9+. The van der Waals surface area contributed by atoms with E-state index >= 15 is 0 Å². The maximum absolute atomic E-state index is 13.0. The van der Waals surface area contributed by atoms with Crippen LogP contribution in [0.2, 0.25) is 0 Å². The van der Waals surface area contributed by atoms with Gasteiger partial charge >= 0.3 is 0 Å². The highest BCUT2D eigenvalue weighted by atomic mass is 16.3. The number of aryl methyl sites for hydroxylation is 1. The van der Waals surface area contributed by atoms with Crippen molar-refractivity contribution in [3.8, 4) is 17.0 Å². The molecule has 0 radical (unpaired) electrons. The number of pyridine rings is 2. The highest BCUT2D eigenvalue weighted by Gasteiger charge is 2.30. The molecule has 1 aromatic carbocycles. The number of carbonyl (C=O) groups excluding carboxylic acids is 2.